The maximum Gasteiger partial charge on any atom is 0.115 e. The third kappa shape index (κ3) is 13.9. The second-order valence-corrected chi connectivity index (χ2v) is 9.13. The highest BCUT2D eigenvalue weighted by molar-refractivity contribution is 6.03. The van der Waals surface area contributed by atoms with Crippen LogP contribution < -0.4 is 0 Å². The summed E-state index contributed by atoms with van der Waals surface area (Å²) in [5, 5.41) is 23.7. The van der Waals surface area contributed by atoms with E-state index in [-0.39, 0.29) is 6.10 Å². The lowest BCUT2D eigenvalue weighted by atomic mass is 9.97. The molecule has 0 amide bonds. The van der Waals surface area contributed by atoms with Crippen molar-refractivity contribution in [3.8, 4) is 0 Å². The zero-order valence-corrected chi connectivity index (χ0v) is 20.8. The van der Waals surface area contributed by atoms with Gasteiger partial charge in [0, 0.05) is 18.6 Å². The van der Waals surface area contributed by atoms with Gasteiger partial charge >= 0.3 is 0 Å². The van der Waals surface area contributed by atoms with Crippen molar-refractivity contribution >= 4 is 5.71 Å². The van der Waals surface area contributed by atoms with E-state index in [1.54, 1.807) is 0 Å². The van der Waals surface area contributed by atoms with Crippen molar-refractivity contribution in [1.82, 2.24) is 0 Å². The number of hydrogen-bond donors (Lipinski definition) is 2. The standard InChI is InChI=1S/C28H49NO3/c1-3-5-7-9-11-12-14-19-23-32-26(22-18-13-10-8-6-4-2)24-27(30)28(29-31)25-20-16-15-17-21-25/h15-17,20-21,26-27,30-31H,3-14,18-19,22-24H2,1-2H3. The van der Waals surface area contributed by atoms with Gasteiger partial charge in [0.1, 0.15) is 11.8 Å². The van der Waals surface area contributed by atoms with E-state index in [1.807, 2.05) is 30.3 Å². The predicted octanol–water partition coefficient (Wildman–Crippen LogP) is 7.89. The van der Waals surface area contributed by atoms with E-state index in [1.165, 1.54) is 77.0 Å². The van der Waals surface area contributed by atoms with Crippen LogP contribution in [0.1, 0.15) is 122 Å². The Labute approximate surface area is 197 Å². The summed E-state index contributed by atoms with van der Waals surface area (Å²) in [5.41, 5.74) is 1.08. The maximum absolute atomic E-state index is 10.8. The minimum Gasteiger partial charge on any atom is -0.411 e. The third-order valence-corrected chi connectivity index (χ3v) is 6.21. The third-order valence-electron chi connectivity index (χ3n) is 6.21. The summed E-state index contributed by atoms with van der Waals surface area (Å²) in [6.07, 6.45) is 18.4. The van der Waals surface area contributed by atoms with Crippen LogP contribution in [0.25, 0.3) is 0 Å². The fraction of sp³-hybridized carbons (Fsp3) is 0.750. The molecule has 0 aromatic heterocycles. The molecule has 0 fully saturated rings. The van der Waals surface area contributed by atoms with E-state index in [9.17, 15) is 10.3 Å². The molecule has 0 spiro atoms. The van der Waals surface area contributed by atoms with Gasteiger partial charge in [-0.05, 0) is 12.8 Å². The number of oxime groups is 1. The Hall–Kier alpha value is -1.39. The average Bonchev–Trinajstić information content (AvgIpc) is 2.81. The molecule has 4 nitrogen and oxygen atoms in total. The van der Waals surface area contributed by atoms with E-state index >= 15 is 0 Å². The van der Waals surface area contributed by atoms with E-state index in [2.05, 4.69) is 19.0 Å². The number of nitrogens with zero attached hydrogens (tertiary/aromatic N) is 1. The molecule has 2 unspecified atom stereocenters. The Bertz CT molecular complexity index is 561. The maximum atomic E-state index is 10.8. The summed E-state index contributed by atoms with van der Waals surface area (Å²) >= 11 is 0. The zero-order valence-electron chi connectivity index (χ0n) is 20.8. The molecular weight excluding hydrogens is 398 g/mol. The monoisotopic (exact) mass is 447 g/mol. The Morgan fingerprint density at radius 1 is 0.781 bits per heavy atom. The number of unbranched alkanes of at least 4 members (excludes halogenated alkanes) is 12. The van der Waals surface area contributed by atoms with Gasteiger partial charge in [0.25, 0.3) is 0 Å². The normalized spacial score (nSPS) is 13.9. The molecule has 0 saturated carbocycles. The van der Waals surface area contributed by atoms with Crippen molar-refractivity contribution in [2.75, 3.05) is 6.61 Å². The highest BCUT2D eigenvalue weighted by atomic mass is 16.5. The van der Waals surface area contributed by atoms with Crippen molar-refractivity contribution in [2.24, 2.45) is 5.16 Å². The van der Waals surface area contributed by atoms with Gasteiger partial charge in [-0.2, -0.15) is 0 Å². The molecule has 2 N–H and O–H groups in total. The van der Waals surface area contributed by atoms with Crippen LogP contribution in [-0.4, -0.2) is 34.8 Å². The number of benzene rings is 1. The van der Waals surface area contributed by atoms with Gasteiger partial charge in [0.05, 0.1) is 6.10 Å². The Morgan fingerprint density at radius 3 is 1.88 bits per heavy atom. The molecule has 1 rings (SSSR count). The van der Waals surface area contributed by atoms with Crippen molar-refractivity contribution in [3.05, 3.63) is 35.9 Å². The number of hydrogen-bond acceptors (Lipinski definition) is 4. The predicted molar refractivity (Wildman–Crippen MR) is 136 cm³/mol. The molecule has 0 saturated heterocycles. The number of aliphatic hydroxyl groups excluding tert-OH is 1. The molecule has 184 valence electrons. The molecule has 1 aromatic rings. The number of ether oxygens (including phenoxy) is 1. The van der Waals surface area contributed by atoms with Crippen LogP contribution in [0.2, 0.25) is 0 Å². The van der Waals surface area contributed by atoms with E-state index in [4.69, 9.17) is 4.74 Å². The summed E-state index contributed by atoms with van der Waals surface area (Å²) in [4.78, 5) is 0. The first-order valence-electron chi connectivity index (χ1n) is 13.3. The van der Waals surface area contributed by atoms with Gasteiger partial charge in [0.2, 0.25) is 0 Å². The van der Waals surface area contributed by atoms with Crippen molar-refractivity contribution in [2.45, 2.75) is 129 Å². The molecule has 0 radical (unpaired) electrons. The summed E-state index contributed by atoms with van der Waals surface area (Å²) in [6, 6.07) is 9.42. The second-order valence-electron chi connectivity index (χ2n) is 9.13. The van der Waals surface area contributed by atoms with E-state index in [0.717, 1.165) is 31.4 Å². The Morgan fingerprint density at radius 2 is 1.31 bits per heavy atom. The highest BCUT2D eigenvalue weighted by Crippen LogP contribution is 2.18. The molecule has 0 aliphatic carbocycles. The van der Waals surface area contributed by atoms with Crippen LogP contribution >= 0.6 is 0 Å². The van der Waals surface area contributed by atoms with Crippen molar-refractivity contribution < 1.29 is 15.1 Å². The highest BCUT2D eigenvalue weighted by Gasteiger charge is 2.21. The minimum atomic E-state index is -0.828. The summed E-state index contributed by atoms with van der Waals surface area (Å²) in [6.45, 7) is 5.24. The number of aliphatic hydroxyl groups is 1. The zero-order chi connectivity index (χ0) is 23.3. The van der Waals surface area contributed by atoms with Crippen LogP contribution in [0, 0.1) is 0 Å². The molecule has 32 heavy (non-hydrogen) atoms. The van der Waals surface area contributed by atoms with Gasteiger partial charge in [-0.15, -0.1) is 0 Å². The van der Waals surface area contributed by atoms with Crippen LogP contribution in [0.4, 0.5) is 0 Å². The summed E-state index contributed by atoms with van der Waals surface area (Å²) < 4.78 is 6.22. The second kappa shape index (κ2) is 20.2. The lowest BCUT2D eigenvalue weighted by Crippen LogP contribution is -2.29. The van der Waals surface area contributed by atoms with Crippen molar-refractivity contribution in [3.63, 3.8) is 0 Å². The first kappa shape index (κ1) is 28.6. The molecular formula is C28H49NO3. The largest absolute Gasteiger partial charge is 0.411 e. The Kier molecular flexibility index (Phi) is 18.1. The molecule has 0 aliphatic heterocycles. The molecule has 4 heteroatoms. The van der Waals surface area contributed by atoms with Crippen LogP contribution in [0.15, 0.2) is 35.5 Å². The molecule has 2 atom stereocenters. The van der Waals surface area contributed by atoms with E-state index < -0.39 is 6.10 Å². The van der Waals surface area contributed by atoms with Gasteiger partial charge in [-0.1, -0.05) is 133 Å². The lowest BCUT2D eigenvalue weighted by Gasteiger charge is -2.22. The smallest absolute Gasteiger partial charge is 0.115 e. The first-order valence-corrected chi connectivity index (χ1v) is 13.3. The van der Waals surface area contributed by atoms with E-state index in [0.29, 0.717) is 12.1 Å². The van der Waals surface area contributed by atoms with Crippen LogP contribution in [0.5, 0.6) is 0 Å². The van der Waals surface area contributed by atoms with Gasteiger partial charge in [-0.25, -0.2) is 0 Å². The Balaban J connectivity index is 2.43. The summed E-state index contributed by atoms with van der Waals surface area (Å²) in [7, 11) is 0. The lowest BCUT2D eigenvalue weighted by molar-refractivity contribution is 0.0181. The first-order chi connectivity index (χ1) is 15.7. The SMILES string of the molecule is CCCCCCCCCCOC(CCCCCCCC)CC(O)C(=NO)c1ccccc1. The molecule has 0 heterocycles. The van der Waals surface area contributed by atoms with Gasteiger partial charge in [0.15, 0.2) is 0 Å². The molecule has 0 aliphatic rings. The fourth-order valence-corrected chi connectivity index (χ4v) is 4.19. The molecule has 0 bridgehead atoms. The quantitative estimate of drug-likeness (QED) is 0.0871. The number of rotatable bonds is 21. The van der Waals surface area contributed by atoms with Crippen LogP contribution in [-0.2, 0) is 4.74 Å². The minimum absolute atomic E-state index is 0.00110. The van der Waals surface area contributed by atoms with Gasteiger partial charge in [-0.3, -0.25) is 0 Å². The molecule has 1 aromatic carbocycles. The van der Waals surface area contributed by atoms with Crippen LogP contribution in [0.3, 0.4) is 0 Å². The fourth-order valence-electron chi connectivity index (χ4n) is 4.19. The van der Waals surface area contributed by atoms with Gasteiger partial charge < -0.3 is 15.1 Å². The summed E-state index contributed by atoms with van der Waals surface area (Å²) in [5.74, 6) is 0. The van der Waals surface area contributed by atoms with Crippen molar-refractivity contribution in [1.29, 1.82) is 0 Å². The average molecular weight is 448 g/mol. The topological polar surface area (TPSA) is 62.0 Å².